The Kier molecular flexibility index (Phi) is 2.77. The van der Waals surface area contributed by atoms with Crippen LogP contribution in [0.3, 0.4) is 0 Å². The Hall–Kier alpha value is -1.64. The minimum absolute atomic E-state index is 0.252. The van der Waals surface area contributed by atoms with E-state index in [0.717, 1.165) is 17.7 Å². The van der Waals surface area contributed by atoms with E-state index in [0.29, 0.717) is 0 Å². The molecule has 0 saturated heterocycles. The lowest BCUT2D eigenvalue weighted by Crippen LogP contribution is -2.15. The summed E-state index contributed by atoms with van der Waals surface area (Å²) in [7, 11) is 0. The molecule has 0 unspecified atom stereocenters. The van der Waals surface area contributed by atoms with Gasteiger partial charge in [0.05, 0.1) is 6.20 Å². The van der Waals surface area contributed by atoms with Gasteiger partial charge in [-0.1, -0.05) is 20.8 Å². The van der Waals surface area contributed by atoms with Crippen molar-refractivity contribution in [3.63, 3.8) is 0 Å². The maximum absolute atomic E-state index is 4.37. The van der Waals surface area contributed by atoms with Crippen LogP contribution in [-0.2, 0) is 6.54 Å². The lowest BCUT2D eigenvalue weighted by atomic mass is 9.97. The fraction of sp³-hybridized carbons (Fsp3) is 0.385. The summed E-state index contributed by atoms with van der Waals surface area (Å²) >= 11 is 0. The molecule has 0 amide bonds. The Bertz CT molecular complexity index is 452. The molecule has 3 nitrogen and oxygen atoms in total. The highest BCUT2D eigenvalue weighted by atomic mass is 15.3. The van der Waals surface area contributed by atoms with E-state index in [1.54, 1.807) is 12.4 Å². The van der Waals surface area contributed by atoms with Gasteiger partial charge in [-0.3, -0.25) is 9.67 Å². The summed E-state index contributed by atoms with van der Waals surface area (Å²) in [4.78, 5) is 4.01. The van der Waals surface area contributed by atoms with Crippen LogP contribution in [-0.4, -0.2) is 14.8 Å². The Balaban J connectivity index is 2.21. The van der Waals surface area contributed by atoms with Gasteiger partial charge >= 0.3 is 0 Å². The molecular formula is C13H17N3. The molecule has 0 aliphatic carbocycles. The van der Waals surface area contributed by atoms with Crippen molar-refractivity contribution < 1.29 is 0 Å². The fourth-order valence-corrected chi connectivity index (χ4v) is 1.63. The van der Waals surface area contributed by atoms with Gasteiger partial charge in [0.2, 0.25) is 0 Å². The van der Waals surface area contributed by atoms with Crippen LogP contribution >= 0.6 is 0 Å². The van der Waals surface area contributed by atoms with Gasteiger partial charge in [-0.15, -0.1) is 0 Å². The molecule has 0 atom stereocenters. The van der Waals surface area contributed by atoms with E-state index < -0.39 is 0 Å². The first-order chi connectivity index (χ1) is 7.54. The van der Waals surface area contributed by atoms with Crippen LogP contribution < -0.4 is 0 Å². The summed E-state index contributed by atoms with van der Waals surface area (Å²) in [6.45, 7) is 7.56. The molecule has 84 valence electrons. The van der Waals surface area contributed by atoms with Gasteiger partial charge in [-0.2, -0.15) is 5.10 Å². The molecule has 0 bridgehead atoms. The molecule has 2 aromatic heterocycles. The van der Waals surface area contributed by atoms with Crippen molar-refractivity contribution >= 4 is 0 Å². The zero-order valence-electron chi connectivity index (χ0n) is 10.0. The number of hydrogen-bond donors (Lipinski definition) is 0. The largest absolute Gasteiger partial charge is 0.272 e. The molecule has 2 aromatic rings. The van der Waals surface area contributed by atoms with E-state index in [9.17, 15) is 0 Å². The quantitative estimate of drug-likeness (QED) is 0.771. The third-order valence-corrected chi connectivity index (χ3v) is 2.28. The maximum Gasteiger partial charge on any atom is 0.0568 e. The lowest BCUT2D eigenvalue weighted by molar-refractivity contribution is 0.325. The van der Waals surface area contributed by atoms with Crippen LogP contribution in [0, 0.1) is 5.41 Å². The molecule has 2 heterocycles. The topological polar surface area (TPSA) is 30.7 Å². The van der Waals surface area contributed by atoms with Crippen molar-refractivity contribution in [1.82, 2.24) is 14.8 Å². The van der Waals surface area contributed by atoms with Crippen molar-refractivity contribution in [1.29, 1.82) is 0 Å². The predicted molar refractivity (Wildman–Crippen MR) is 64.9 cm³/mol. The molecule has 0 N–H and O–H groups in total. The van der Waals surface area contributed by atoms with Crippen molar-refractivity contribution in [2.24, 2.45) is 5.41 Å². The summed E-state index contributed by atoms with van der Waals surface area (Å²) in [5.74, 6) is 0. The molecule has 0 saturated carbocycles. The summed E-state index contributed by atoms with van der Waals surface area (Å²) in [6, 6.07) is 4.00. The van der Waals surface area contributed by atoms with Crippen LogP contribution in [0.5, 0.6) is 0 Å². The number of rotatable bonds is 2. The Morgan fingerprint density at radius 1 is 1.12 bits per heavy atom. The minimum Gasteiger partial charge on any atom is -0.272 e. The van der Waals surface area contributed by atoms with Crippen LogP contribution in [0.15, 0.2) is 36.9 Å². The predicted octanol–water partition coefficient (Wildman–Crippen LogP) is 2.99. The van der Waals surface area contributed by atoms with Gasteiger partial charge < -0.3 is 0 Å². The smallest absolute Gasteiger partial charge is 0.0568 e. The average molecular weight is 215 g/mol. The van der Waals surface area contributed by atoms with Gasteiger partial charge in [-0.05, 0) is 23.1 Å². The highest BCUT2D eigenvalue weighted by Crippen LogP contribution is 2.20. The first-order valence-electron chi connectivity index (χ1n) is 5.47. The van der Waals surface area contributed by atoms with Gasteiger partial charge in [-0.25, -0.2) is 0 Å². The first kappa shape index (κ1) is 10.9. The molecule has 0 aliphatic rings. The Labute approximate surface area is 96.1 Å². The second-order valence-electron chi connectivity index (χ2n) is 5.22. The normalized spacial score (nSPS) is 11.7. The molecule has 0 radical (unpaired) electrons. The Morgan fingerprint density at radius 2 is 1.81 bits per heavy atom. The lowest BCUT2D eigenvalue weighted by Gasteiger charge is -2.17. The molecule has 3 heteroatoms. The second kappa shape index (κ2) is 4.08. The first-order valence-corrected chi connectivity index (χ1v) is 5.47. The molecular weight excluding hydrogens is 198 g/mol. The highest BCUT2D eigenvalue weighted by molar-refractivity contribution is 5.60. The third kappa shape index (κ3) is 2.69. The number of hydrogen-bond acceptors (Lipinski definition) is 2. The van der Waals surface area contributed by atoms with E-state index in [1.165, 1.54) is 0 Å². The van der Waals surface area contributed by atoms with Crippen LogP contribution in [0.1, 0.15) is 20.8 Å². The fourth-order valence-electron chi connectivity index (χ4n) is 1.63. The highest BCUT2D eigenvalue weighted by Gasteiger charge is 2.12. The molecule has 0 fully saturated rings. The van der Waals surface area contributed by atoms with E-state index in [-0.39, 0.29) is 5.41 Å². The Morgan fingerprint density at radius 3 is 2.44 bits per heavy atom. The van der Waals surface area contributed by atoms with Crippen molar-refractivity contribution in [3.8, 4) is 11.1 Å². The minimum atomic E-state index is 0.252. The van der Waals surface area contributed by atoms with E-state index in [1.807, 2.05) is 23.0 Å². The number of aromatic nitrogens is 3. The molecule has 16 heavy (non-hydrogen) atoms. The van der Waals surface area contributed by atoms with Crippen molar-refractivity contribution in [2.75, 3.05) is 0 Å². The number of nitrogens with zero attached hydrogens (tertiary/aromatic N) is 3. The summed E-state index contributed by atoms with van der Waals surface area (Å²) < 4.78 is 2.00. The van der Waals surface area contributed by atoms with Crippen LogP contribution in [0.4, 0.5) is 0 Å². The molecule has 2 rings (SSSR count). The van der Waals surface area contributed by atoms with Crippen LogP contribution in [0.25, 0.3) is 11.1 Å². The zero-order valence-corrected chi connectivity index (χ0v) is 10.0. The van der Waals surface area contributed by atoms with Crippen molar-refractivity contribution in [3.05, 3.63) is 36.9 Å². The SMILES string of the molecule is CC(C)(C)Cn1cc(-c2ccncc2)cn1. The van der Waals surface area contributed by atoms with Crippen LogP contribution in [0.2, 0.25) is 0 Å². The van der Waals surface area contributed by atoms with Gasteiger partial charge in [0, 0.05) is 30.7 Å². The molecule has 0 spiro atoms. The zero-order chi connectivity index (χ0) is 11.6. The van der Waals surface area contributed by atoms with Gasteiger partial charge in [0.15, 0.2) is 0 Å². The average Bonchev–Trinajstić information content (AvgIpc) is 2.65. The second-order valence-corrected chi connectivity index (χ2v) is 5.22. The summed E-state index contributed by atoms with van der Waals surface area (Å²) in [5, 5.41) is 4.37. The molecule has 0 aliphatic heterocycles. The summed E-state index contributed by atoms with van der Waals surface area (Å²) in [6.07, 6.45) is 7.59. The maximum atomic E-state index is 4.37. The van der Waals surface area contributed by atoms with E-state index >= 15 is 0 Å². The van der Waals surface area contributed by atoms with Gasteiger partial charge in [0.25, 0.3) is 0 Å². The summed E-state index contributed by atoms with van der Waals surface area (Å²) in [5.41, 5.74) is 2.56. The van der Waals surface area contributed by atoms with Gasteiger partial charge in [0.1, 0.15) is 0 Å². The third-order valence-electron chi connectivity index (χ3n) is 2.28. The number of pyridine rings is 1. The monoisotopic (exact) mass is 215 g/mol. The van der Waals surface area contributed by atoms with E-state index in [4.69, 9.17) is 0 Å². The van der Waals surface area contributed by atoms with Crippen molar-refractivity contribution in [2.45, 2.75) is 27.3 Å². The molecule has 0 aromatic carbocycles. The standard InChI is InChI=1S/C13H17N3/c1-13(2,3)10-16-9-12(8-15-16)11-4-6-14-7-5-11/h4-9H,10H2,1-3H3. The van der Waals surface area contributed by atoms with E-state index in [2.05, 4.69) is 37.1 Å².